The first kappa shape index (κ1) is 19.9. The number of carbonyl (C=O) groups excluding carboxylic acids is 1. The van der Waals surface area contributed by atoms with E-state index in [0.29, 0.717) is 28.9 Å². The molecule has 0 saturated carbocycles. The molecule has 1 N–H and O–H groups in total. The minimum absolute atomic E-state index is 0.0149. The second kappa shape index (κ2) is 7.60. The summed E-state index contributed by atoms with van der Waals surface area (Å²) in [4.78, 5) is 28.5. The van der Waals surface area contributed by atoms with E-state index in [1.165, 1.54) is 12.3 Å². The number of aryl methyl sites for hydroxylation is 1. The van der Waals surface area contributed by atoms with E-state index in [1.807, 2.05) is 19.9 Å². The largest absolute Gasteiger partial charge is 0.504 e. The van der Waals surface area contributed by atoms with Crippen LogP contribution in [0.25, 0.3) is 11.0 Å². The highest BCUT2D eigenvalue weighted by molar-refractivity contribution is 5.99. The molecule has 0 unspecified atom stereocenters. The molecule has 7 heteroatoms. The van der Waals surface area contributed by atoms with Gasteiger partial charge in [-0.05, 0) is 55.8 Å². The number of hydrogen-bond donors (Lipinski definition) is 1. The van der Waals surface area contributed by atoms with Crippen LogP contribution in [-0.2, 0) is 6.54 Å². The molecule has 0 saturated heterocycles. The maximum atomic E-state index is 13.6. The number of phenolic OH excluding ortho intramolecular Hbond substituents is 1. The summed E-state index contributed by atoms with van der Waals surface area (Å²) < 4.78 is 17.0. The second-order valence-corrected chi connectivity index (χ2v) is 7.75. The Morgan fingerprint density at radius 1 is 1.12 bits per heavy atom. The van der Waals surface area contributed by atoms with Crippen LogP contribution in [0.4, 0.5) is 0 Å². The molecule has 0 fully saturated rings. The highest BCUT2D eigenvalue weighted by Crippen LogP contribution is 2.41. The lowest BCUT2D eigenvalue weighted by atomic mass is 9.97. The molecule has 5 rings (SSSR count). The average Bonchev–Trinajstić information content (AvgIpc) is 3.38. The van der Waals surface area contributed by atoms with Crippen LogP contribution in [0.2, 0.25) is 0 Å². The van der Waals surface area contributed by atoms with Gasteiger partial charge in [-0.25, -0.2) is 0 Å². The molecular formula is C25H21NO6. The fourth-order valence-corrected chi connectivity index (χ4v) is 4.19. The van der Waals surface area contributed by atoms with Crippen LogP contribution < -0.4 is 10.2 Å². The van der Waals surface area contributed by atoms with Gasteiger partial charge in [-0.3, -0.25) is 9.59 Å². The molecule has 0 aliphatic carbocycles. The highest BCUT2D eigenvalue weighted by atomic mass is 16.5. The molecule has 0 bridgehead atoms. The van der Waals surface area contributed by atoms with Gasteiger partial charge in [0.1, 0.15) is 11.3 Å². The van der Waals surface area contributed by atoms with E-state index >= 15 is 0 Å². The number of amides is 1. The van der Waals surface area contributed by atoms with Crippen molar-refractivity contribution in [2.75, 3.05) is 6.61 Å². The third kappa shape index (κ3) is 3.13. The van der Waals surface area contributed by atoms with Crippen molar-refractivity contribution in [3.05, 3.63) is 93.2 Å². The maximum Gasteiger partial charge on any atom is 0.291 e. The summed E-state index contributed by atoms with van der Waals surface area (Å²) in [6.45, 7) is 4.22. The molecule has 0 spiro atoms. The van der Waals surface area contributed by atoms with E-state index in [9.17, 15) is 14.7 Å². The number of aromatic hydroxyl groups is 1. The Balaban J connectivity index is 1.74. The Kier molecular flexibility index (Phi) is 4.74. The standard InChI is InChI=1S/C25H21NO6/c1-3-30-20-12-15(7-8-18(20)27)22-21-23(28)17-11-14(2)6-9-19(17)32-24(21)25(29)26(22)13-16-5-4-10-31-16/h4-12,22,27H,3,13H2,1-2H3/t22-/m0/s1. The van der Waals surface area contributed by atoms with Crippen molar-refractivity contribution in [2.24, 2.45) is 0 Å². The maximum absolute atomic E-state index is 13.6. The van der Waals surface area contributed by atoms with E-state index in [0.717, 1.165) is 5.56 Å². The van der Waals surface area contributed by atoms with Crippen molar-refractivity contribution >= 4 is 16.9 Å². The molecule has 2 aromatic heterocycles. The van der Waals surface area contributed by atoms with Crippen LogP contribution >= 0.6 is 0 Å². The molecule has 7 nitrogen and oxygen atoms in total. The fraction of sp³-hybridized carbons (Fsp3) is 0.200. The zero-order valence-electron chi connectivity index (χ0n) is 17.6. The number of rotatable bonds is 5. The summed E-state index contributed by atoms with van der Waals surface area (Å²) in [5, 5.41) is 10.6. The van der Waals surface area contributed by atoms with Crippen molar-refractivity contribution in [3.63, 3.8) is 0 Å². The number of phenols is 1. The lowest BCUT2D eigenvalue weighted by Crippen LogP contribution is -2.29. The van der Waals surface area contributed by atoms with Crippen LogP contribution in [-0.4, -0.2) is 22.5 Å². The van der Waals surface area contributed by atoms with Gasteiger partial charge in [-0.1, -0.05) is 17.7 Å². The van der Waals surface area contributed by atoms with Gasteiger partial charge >= 0.3 is 0 Å². The second-order valence-electron chi connectivity index (χ2n) is 7.75. The minimum atomic E-state index is -0.719. The number of benzene rings is 2. The zero-order valence-corrected chi connectivity index (χ0v) is 17.6. The van der Waals surface area contributed by atoms with Crippen molar-refractivity contribution in [1.29, 1.82) is 0 Å². The average molecular weight is 431 g/mol. The van der Waals surface area contributed by atoms with E-state index in [4.69, 9.17) is 13.6 Å². The Hall–Kier alpha value is -4.00. The number of furan rings is 1. The number of fused-ring (bicyclic) bond motifs is 2. The van der Waals surface area contributed by atoms with Gasteiger partial charge in [0.2, 0.25) is 5.76 Å². The quantitative estimate of drug-likeness (QED) is 0.499. The lowest BCUT2D eigenvalue weighted by molar-refractivity contribution is 0.0701. The number of ether oxygens (including phenoxy) is 1. The van der Waals surface area contributed by atoms with Crippen molar-refractivity contribution in [1.82, 2.24) is 4.90 Å². The Bertz CT molecular complexity index is 1390. The first-order chi connectivity index (χ1) is 15.5. The van der Waals surface area contributed by atoms with E-state index in [-0.39, 0.29) is 34.8 Å². The van der Waals surface area contributed by atoms with Crippen molar-refractivity contribution in [2.45, 2.75) is 26.4 Å². The van der Waals surface area contributed by atoms with Crippen molar-refractivity contribution in [3.8, 4) is 11.5 Å². The summed E-state index contributed by atoms with van der Waals surface area (Å²) in [5.74, 6) is 0.470. The number of nitrogens with zero attached hydrogens (tertiary/aromatic N) is 1. The highest BCUT2D eigenvalue weighted by Gasteiger charge is 2.43. The van der Waals surface area contributed by atoms with Gasteiger partial charge in [0, 0.05) is 0 Å². The van der Waals surface area contributed by atoms with Crippen molar-refractivity contribution < 1.29 is 23.5 Å². The van der Waals surface area contributed by atoms with E-state index < -0.39 is 11.9 Å². The smallest absolute Gasteiger partial charge is 0.291 e. The molecule has 1 amide bonds. The normalized spacial score (nSPS) is 15.4. The Labute approximate surface area is 183 Å². The topological polar surface area (TPSA) is 93.1 Å². The van der Waals surface area contributed by atoms with Gasteiger partial charge in [0.15, 0.2) is 16.9 Å². The molecule has 1 atom stereocenters. The molecule has 2 aromatic carbocycles. The Morgan fingerprint density at radius 2 is 1.97 bits per heavy atom. The summed E-state index contributed by atoms with van der Waals surface area (Å²) in [7, 11) is 0. The summed E-state index contributed by atoms with van der Waals surface area (Å²) >= 11 is 0. The van der Waals surface area contributed by atoms with Crippen LogP contribution in [0.1, 0.15) is 46.0 Å². The first-order valence-electron chi connectivity index (χ1n) is 10.3. The van der Waals surface area contributed by atoms with Gasteiger partial charge in [-0.2, -0.15) is 0 Å². The predicted octanol–water partition coefficient (Wildman–Crippen LogP) is 4.54. The predicted molar refractivity (Wildman–Crippen MR) is 117 cm³/mol. The lowest BCUT2D eigenvalue weighted by Gasteiger charge is -2.24. The number of hydrogen-bond acceptors (Lipinski definition) is 6. The minimum Gasteiger partial charge on any atom is -0.504 e. The third-order valence-electron chi connectivity index (χ3n) is 5.63. The number of carbonyl (C=O) groups is 1. The van der Waals surface area contributed by atoms with Crippen LogP contribution in [0.15, 0.2) is 68.4 Å². The summed E-state index contributed by atoms with van der Waals surface area (Å²) in [6, 6.07) is 12.9. The van der Waals surface area contributed by atoms with E-state index in [1.54, 1.807) is 41.3 Å². The molecule has 162 valence electrons. The Morgan fingerprint density at radius 3 is 2.72 bits per heavy atom. The van der Waals surface area contributed by atoms with Gasteiger partial charge in [0.05, 0.1) is 36.4 Å². The SMILES string of the molecule is CCOc1cc([C@H]2c3c(oc4ccc(C)cc4c3=O)C(=O)N2Cc2ccco2)ccc1O. The van der Waals surface area contributed by atoms with Crippen LogP contribution in [0.5, 0.6) is 11.5 Å². The molecule has 0 radical (unpaired) electrons. The first-order valence-corrected chi connectivity index (χ1v) is 10.3. The van der Waals surface area contributed by atoms with Crippen LogP contribution in [0.3, 0.4) is 0 Å². The van der Waals surface area contributed by atoms with Crippen LogP contribution in [0, 0.1) is 6.92 Å². The van der Waals surface area contributed by atoms with E-state index in [2.05, 4.69) is 0 Å². The molecular weight excluding hydrogens is 410 g/mol. The zero-order chi connectivity index (χ0) is 22.4. The summed E-state index contributed by atoms with van der Waals surface area (Å²) in [5.41, 5.74) is 1.93. The summed E-state index contributed by atoms with van der Waals surface area (Å²) in [6.07, 6.45) is 1.53. The van der Waals surface area contributed by atoms with Gasteiger partial charge in [0.25, 0.3) is 5.91 Å². The molecule has 1 aliphatic heterocycles. The fourth-order valence-electron chi connectivity index (χ4n) is 4.19. The molecule has 32 heavy (non-hydrogen) atoms. The third-order valence-corrected chi connectivity index (χ3v) is 5.63. The molecule has 3 heterocycles. The van der Waals surface area contributed by atoms with Gasteiger partial charge < -0.3 is 23.6 Å². The monoisotopic (exact) mass is 431 g/mol. The molecule has 4 aromatic rings. The molecule has 1 aliphatic rings. The van der Waals surface area contributed by atoms with Gasteiger partial charge in [-0.15, -0.1) is 0 Å².